The van der Waals surface area contributed by atoms with E-state index in [-0.39, 0.29) is 23.7 Å². The summed E-state index contributed by atoms with van der Waals surface area (Å²) in [5.41, 5.74) is 0.109. The number of furan rings is 1. The molecule has 34 heavy (non-hydrogen) atoms. The Labute approximate surface area is 196 Å². The first-order chi connectivity index (χ1) is 16.1. The van der Waals surface area contributed by atoms with E-state index in [1.165, 1.54) is 16.9 Å². The number of aromatic nitrogens is 3. The average molecular weight is 476 g/mol. The van der Waals surface area contributed by atoms with Crippen LogP contribution in [0.15, 0.2) is 41.1 Å². The van der Waals surface area contributed by atoms with Crippen molar-refractivity contribution in [1.29, 1.82) is 0 Å². The average Bonchev–Trinajstić information content (AvgIpc) is 3.54. The molecular formula is C24H28F3N5O2. The summed E-state index contributed by atoms with van der Waals surface area (Å²) in [6.07, 6.45) is -0.0537. The zero-order valence-electron chi connectivity index (χ0n) is 19.4. The maximum absolute atomic E-state index is 13.2. The molecule has 1 fully saturated rings. The van der Waals surface area contributed by atoms with Crippen LogP contribution in [0.4, 0.5) is 13.2 Å². The van der Waals surface area contributed by atoms with Crippen molar-refractivity contribution in [2.45, 2.75) is 51.7 Å². The molecule has 0 spiro atoms. The van der Waals surface area contributed by atoms with Crippen LogP contribution in [-0.2, 0) is 6.18 Å². The van der Waals surface area contributed by atoms with Crippen LogP contribution in [0.1, 0.15) is 71.8 Å². The number of rotatable bonds is 7. The third-order valence-corrected chi connectivity index (χ3v) is 6.02. The van der Waals surface area contributed by atoms with Gasteiger partial charge in [0.2, 0.25) is 0 Å². The van der Waals surface area contributed by atoms with Gasteiger partial charge in [-0.15, -0.1) is 0 Å². The summed E-state index contributed by atoms with van der Waals surface area (Å²) in [6, 6.07) is 6.00. The van der Waals surface area contributed by atoms with Crippen LogP contribution in [0.3, 0.4) is 0 Å². The second-order valence-corrected chi connectivity index (χ2v) is 8.83. The molecule has 0 aliphatic carbocycles. The molecule has 1 aliphatic rings. The molecule has 4 rings (SSSR count). The van der Waals surface area contributed by atoms with Gasteiger partial charge in [-0.3, -0.25) is 9.69 Å². The lowest BCUT2D eigenvalue weighted by atomic mass is 10.0. The molecule has 0 aromatic carbocycles. The van der Waals surface area contributed by atoms with Crippen molar-refractivity contribution >= 4 is 5.91 Å². The molecular weight excluding hydrogens is 447 g/mol. The second kappa shape index (κ2) is 9.61. The smallest absolute Gasteiger partial charge is 0.417 e. The molecule has 3 aromatic rings. The number of likely N-dealkylation sites (tertiary alicyclic amines) is 1. The Kier molecular flexibility index (Phi) is 6.79. The van der Waals surface area contributed by atoms with Gasteiger partial charge in [0.1, 0.15) is 11.5 Å². The molecule has 1 atom stereocenters. The Morgan fingerprint density at radius 3 is 2.44 bits per heavy atom. The van der Waals surface area contributed by atoms with Gasteiger partial charge in [0, 0.05) is 12.7 Å². The fourth-order valence-corrected chi connectivity index (χ4v) is 4.33. The van der Waals surface area contributed by atoms with Gasteiger partial charge in [-0.2, -0.15) is 18.3 Å². The second-order valence-electron chi connectivity index (χ2n) is 8.83. The molecule has 10 heteroatoms. The largest absolute Gasteiger partial charge is 0.465 e. The molecule has 0 saturated carbocycles. The summed E-state index contributed by atoms with van der Waals surface area (Å²) in [7, 11) is 0. The number of pyridine rings is 1. The van der Waals surface area contributed by atoms with Crippen LogP contribution < -0.4 is 5.32 Å². The van der Waals surface area contributed by atoms with Crippen molar-refractivity contribution in [3.05, 3.63) is 65.0 Å². The highest BCUT2D eigenvalue weighted by Crippen LogP contribution is 2.30. The number of halogens is 3. The van der Waals surface area contributed by atoms with Gasteiger partial charge >= 0.3 is 6.18 Å². The lowest BCUT2D eigenvalue weighted by Gasteiger charge is -2.26. The highest BCUT2D eigenvalue weighted by Gasteiger charge is 2.31. The van der Waals surface area contributed by atoms with Crippen LogP contribution in [0, 0.1) is 6.92 Å². The number of carbonyl (C=O) groups is 1. The van der Waals surface area contributed by atoms with Crippen molar-refractivity contribution in [3.63, 3.8) is 0 Å². The van der Waals surface area contributed by atoms with Crippen LogP contribution in [-0.4, -0.2) is 45.2 Å². The molecule has 1 N–H and O–H groups in total. The summed E-state index contributed by atoms with van der Waals surface area (Å²) >= 11 is 0. The third-order valence-electron chi connectivity index (χ3n) is 6.02. The molecule has 0 radical (unpaired) electrons. The summed E-state index contributed by atoms with van der Waals surface area (Å²) < 4.78 is 46.0. The lowest BCUT2D eigenvalue weighted by Crippen LogP contribution is -2.37. The standard InChI is InChI=1S/C24H28F3N5O2/c1-15(2)22-18(13-30-32(22)21-9-7-17(12-28-21)24(25,26)27)23(33)29-14-19(31-10-4-5-11-31)20-8-6-16(3)34-20/h6-9,12-13,15,19H,4-5,10-11,14H2,1-3H3,(H,29,33). The van der Waals surface area contributed by atoms with Crippen LogP contribution in [0.2, 0.25) is 0 Å². The quantitative estimate of drug-likeness (QED) is 0.527. The summed E-state index contributed by atoms with van der Waals surface area (Å²) in [5, 5.41) is 7.28. The topological polar surface area (TPSA) is 76.2 Å². The van der Waals surface area contributed by atoms with Gasteiger partial charge in [0.05, 0.1) is 29.1 Å². The first-order valence-corrected chi connectivity index (χ1v) is 11.3. The van der Waals surface area contributed by atoms with E-state index in [9.17, 15) is 18.0 Å². The Bertz CT molecular complexity index is 1130. The molecule has 1 saturated heterocycles. The first kappa shape index (κ1) is 24.0. The Hall–Kier alpha value is -3.14. The summed E-state index contributed by atoms with van der Waals surface area (Å²) in [5.74, 6) is 1.44. The van der Waals surface area contributed by atoms with E-state index in [1.807, 2.05) is 32.9 Å². The highest BCUT2D eigenvalue weighted by molar-refractivity contribution is 5.95. The fraction of sp³-hybridized carbons (Fsp3) is 0.458. The monoisotopic (exact) mass is 475 g/mol. The molecule has 1 amide bonds. The van der Waals surface area contributed by atoms with Gasteiger partial charge < -0.3 is 9.73 Å². The Balaban J connectivity index is 1.55. The van der Waals surface area contributed by atoms with E-state index >= 15 is 0 Å². The Morgan fingerprint density at radius 1 is 1.15 bits per heavy atom. The molecule has 3 aromatic heterocycles. The van der Waals surface area contributed by atoms with Crippen molar-refractivity contribution < 1.29 is 22.4 Å². The number of alkyl halides is 3. The van der Waals surface area contributed by atoms with Gasteiger partial charge in [-0.25, -0.2) is 9.67 Å². The minimum atomic E-state index is -4.47. The predicted molar refractivity (Wildman–Crippen MR) is 120 cm³/mol. The predicted octanol–water partition coefficient (Wildman–Crippen LogP) is 4.88. The van der Waals surface area contributed by atoms with E-state index in [0.717, 1.165) is 49.7 Å². The lowest BCUT2D eigenvalue weighted by molar-refractivity contribution is -0.137. The number of aryl methyl sites for hydroxylation is 1. The summed E-state index contributed by atoms with van der Waals surface area (Å²) in [6.45, 7) is 7.93. The summed E-state index contributed by atoms with van der Waals surface area (Å²) in [4.78, 5) is 19.4. The maximum atomic E-state index is 13.2. The van der Waals surface area contributed by atoms with E-state index in [4.69, 9.17) is 4.42 Å². The Morgan fingerprint density at radius 2 is 1.88 bits per heavy atom. The number of carbonyl (C=O) groups excluding carboxylic acids is 1. The molecule has 4 heterocycles. The van der Waals surface area contributed by atoms with Gasteiger partial charge in [0.25, 0.3) is 5.91 Å². The first-order valence-electron chi connectivity index (χ1n) is 11.3. The van der Waals surface area contributed by atoms with Gasteiger partial charge in [-0.1, -0.05) is 13.8 Å². The number of amides is 1. The number of hydrogen-bond donors (Lipinski definition) is 1. The van der Waals surface area contributed by atoms with Gasteiger partial charge in [0.15, 0.2) is 5.82 Å². The van der Waals surface area contributed by atoms with Crippen molar-refractivity contribution in [1.82, 2.24) is 25.0 Å². The van der Waals surface area contributed by atoms with E-state index < -0.39 is 11.7 Å². The zero-order valence-corrected chi connectivity index (χ0v) is 19.4. The van der Waals surface area contributed by atoms with Gasteiger partial charge in [-0.05, 0) is 63.0 Å². The highest BCUT2D eigenvalue weighted by atomic mass is 19.4. The van der Waals surface area contributed by atoms with Crippen LogP contribution in [0.5, 0.6) is 0 Å². The molecule has 7 nitrogen and oxygen atoms in total. The molecule has 1 unspecified atom stereocenters. The minimum Gasteiger partial charge on any atom is -0.465 e. The molecule has 182 valence electrons. The number of hydrogen-bond acceptors (Lipinski definition) is 5. The molecule has 0 bridgehead atoms. The number of nitrogens with zero attached hydrogens (tertiary/aromatic N) is 4. The minimum absolute atomic E-state index is 0.0747. The van der Waals surface area contributed by atoms with E-state index in [2.05, 4.69) is 20.3 Å². The SMILES string of the molecule is Cc1ccc(C(CNC(=O)c2cnn(-c3ccc(C(F)(F)F)cn3)c2C(C)C)N2CCCC2)o1. The maximum Gasteiger partial charge on any atom is 0.417 e. The van der Waals surface area contributed by atoms with Crippen molar-refractivity contribution in [2.24, 2.45) is 0 Å². The molecule has 1 aliphatic heterocycles. The van der Waals surface area contributed by atoms with E-state index in [1.54, 1.807) is 0 Å². The van der Waals surface area contributed by atoms with Crippen molar-refractivity contribution in [3.8, 4) is 5.82 Å². The third kappa shape index (κ3) is 5.01. The fourth-order valence-electron chi connectivity index (χ4n) is 4.33. The van der Waals surface area contributed by atoms with Crippen LogP contribution in [0.25, 0.3) is 5.82 Å². The zero-order chi connectivity index (χ0) is 24.5. The van der Waals surface area contributed by atoms with E-state index in [0.29, 0.717) is 17.8 Å². The normalized spacial score (nSPS) is 15.7. The number of nitrogens with one attached hydrogen (secondary N) is 1. The van der Waals surface area contributed by atoms with Crippen molar-refractivity contribution in [2.75, 3.05) is 19.6 Å². The van der Waals surface area contributed by atoms with Crippen LogP contribution >= 0.6 is 0 Å².